The van der Waals surface area contributed by atoms with Gasteiger partial charge in [0, 0.05) is 0 Å². The lowest BCUT2D eigenvalue weighted by atomic mass is 10.3. The molecule has 0 fully saturated rings. The lowest BCUT2D eigenvalue weighted by Gasteiger charge is -2.04. The molecular weight excluding hydrogens is 168 g/mol. The van der Waals surface area contributed by atoms with Gasteiger partial charge in [0.15, 0.2) is 5.75 Å². The van der Waals surface area contributed by atoms with E-state index in [4.69, 9.17) is 14.5 Å². The Morgan fingerprint density at radius 3 is 2.08 bits per heavy atom. The molecule has 3 heteroatoms. The smallest absolute Gasteiger partial charge is 0.165 e. The summed E-state index contributed by atoms with van der Waals surface area (Å²) < 4.78 is 5.27. The zero-order chi connectivity index (χ0) is 9.52. The minimum absolute atomic E-state index is 0.535. The van der Waals surface area contributed by atoms with Gasteiger partial charge < -0.3 is 9.62 Å². The second kappa shape index (κ2) is 5.43. The summed E-state index contributed by atoms with van der Waals surface area (Å²) >= 11 is 0. The van der Waals surface area contributed by atoms with Crippen molar-refractivity contribution >= 4 is 0 Å². The van der Waals surface area contributed by atoms with Gasteiger partial charge in [-0.2, -0.15) is 4.89 Å². The van der Waals surface area contributed by atoms with E-state index in [9.17, 15) is 0 Å². The summed E-state index contributed by atoms with van der Waals surface area (Å²) in [5, 5.41) is 0. The molecule has 0 spiro atoms. The second-order valence-corrected chi connectivity index (χ2v) is 2.39. The fourth-order valence-corrected chi connectivity index (χ4v) is 0.885. The largest absolute Gasteiger partial charge is 0.494 e. The SMILES string of the molecule is CCOOc1ccc(OCC)cc1. The first-order valence-electron chi connectivity index (χ1n) is 4.39. The van der Waals surface area contributed by atoms with Crippen LogP contribution in [0.2, 0.25) is 0 Å². The van der Waals surface area contributed by atoms with Crippen LogP contribution in [-0.4, -0.2) is 13.2 Å². The molecule has 0 bridgehead atoms. The topological polar surface area (TPSA) is 27.7 Å². The van der Waals surface area contributed by atoms with Gasteiger partial charge in [-0.05, 0) is 38.1 Å². The highest BCUT2D eigenvalue weighted by molar-refractivity contribution is 5.30. The van der Waals surface area contributed by atoms with Gasteiger partial charge in [-0.25, -0.2) is 0 Å². The molecular formula is C10H14O3. The van der Waals surface area contributed by atoms with Gasteiger partial charge in [0.05, 0.1) is 13.2 Å². The highest BCUT2D eigenvalue weighted by atomic mass is 17.2. The average molecular weight is 182 g/mol. The van der Waals surface area contributed by atoms with Gasteiger partial charge in [-0.15, -0.1) is 0 Å². The highest BCUT2D eigenvalue weighted by Crippen LogP contribution is 2.17. The summed E-state index contributed by atoms with van der Waals surface area (Å²) in [5.74, 6) is 1.52. The minimum Gasteiger partial charge on any atom is -0.494 e. The van der Waals surface area contributed by atoms with Crippen molar-refractivity contribution in [3.63, 3.8) is 0 Å². The molecule has 0 saturated heterocycles. The molecule has 0 aromatic heterocycles. The van der Waals surface area contributed by atoms with Gasteiger partial charge in [0.2, 0.25) is 0 Å². The number of benzene rings is 1. The Morgan fingerprint density at radius 2 is 1.54 bits per heavy atom. The Hall–Kier alpha value is -1.22. The summed E-state index contributed by atoms with van der Waals surface area (Å²) in [6.45, 7) is 5.03. The maximum absolute atomic E-state index is 5.27. The van der Waals surface area contributed by atoms with E-state index in [0.29, 0.717) is 19.0 Å². The molecule has 0 N–H and O–H groups in total. The van der Waals surface area contributed by atoms with Gasteiger partial charge in [-0.3, -0.25) is 0 Å². The predicted molar refractivity (Wildman–Crippen MR) is 49.9 cm³/mol. The standard InChI is InChI=1S/C10H14O3/c1-3-11-9-5-7-10(8-6-9)13-12-4-2/h5-8H,3-4H2,1-2H3. The maximum atomic E-state index is 5.27. The van der Waals surface area contributed by atoms with E-state index in [1.807, 2.05) is 26.0 Å². The Kier molecular flexibility index (Phi) is 4.12. The van der Waals surface area contributed by atoms with E-state index >= 15 is 0 Å². The van der Waals surface area contributed by atoms with Gasteiger partial charge in [-0.1, -0.05) is 0 Å². The Bertz CT molecular complexity index is 230. The third kappa shape index (κ3) is 3.34. The Labute approximate surface area is 78.2 Å². The number of rotatable bonds is 5. The van der Waals surface area contributed by atoms with E-state index in [0.717, 1.165) is 5.75 Å². The lowest BCUT2D eigenvalue weighted by Crippen LogP contribution is -1.96. The molecule has 0 atom stereocenters. The molecule has 3 nitrogen and oxygen atoms in total. The predicted octanol–water partition coefficient (Wildman–Crippen LogP) is 2.42. The molecule has 13 heavy (non-hydrogen) atoms. The Morgan fingerprint density at radius 1 is 0.923 bits per heavy atom. The minimum atomic E-state index is 0.535. The van der Waals surface area contributed by atoms with Crippen LogP contribution >= 0.6 is 0 Å². The van der Waals surface area contributed by atoms with Crippen LogP contribution < -0.4 is 9.62 Å². The summed E-state index contributed by atoms with van der Waals surface area (Å²) in [7, 11) is 0. The number of ether oxygens (including phenoxy) is 1. The molecule has 1 aromatic rings. The van der Waals surface area contributed by atoms with Crippen LogP contribution in [0, 0.1) is 0 Å². The molecule has 0 saturated carbocycles. The van der Waals surface area contributed by atoms with Crippen molar-refractivity contribution < 1.29 is 14.5 Å². The lowest BCUT2D eigenvalue weighted by molar-refractivity contribution is -0.202. The molecule has 0 aliphatic carbocycles. The van der Waals surface area contributed by atoms with E-state index in [1.165, 1.54) is 0 Å². The fraction of sp³-hybridized carbons (Fsp3) is 0.400. The first kappa shape index (κ1) is 9.86. The first-order valence-corrected chi connectivity index (χ1v) is 4.39. The molecule has 0 aliphatic rings. The quantitative estimate of drug-likeness (QED) is 0.517. The summed E-state index contributed by atoms with van der Waals surface area (Å²) in [5.41, 5.74) is 0. The van der Waals surface area contributed by atoms with Crippen LogP contribution in [0.4, 0.5) is 0 Å². The molecule has 0 aliphatic heterocycles. The number of hydrogen-bond acceptors (Lipinski definition) is 3. The van der Waals surface area contributed by atoms with Crippen LogP contribution in [0.3, 0.4) is 0 Å². The molecule has 72 valence electrons. The first-order chi connectivity index (χ1) is 6.36. The molecule has 1 aromatic carbocycles. The normalized spacial score (nSPS) is 9.69. The van der Waals surface area contributed by atoms with Crippen LogP contribution in [-0.2, 0) is 4.89 Å². The third-order valence-electron chi connectivity index (χ3n) is 1.41. The maximum Gasteiger partial charge on any atom is 0.165 e. The van der Waals surface area contributed by atoms with Crippen LogP contribution in [0.1, 0.15) is 13.8 Å². The van der Waals surface area contributed by atoms with Crippen LogP contribution in [0.5, 0.6) is 11.5 Å². The fourth-order valence-electron chi connectivity index (χ4n) is 0.885. The molecule has 0 radical (unpaired) electrons. The van der Waals surface area contributed by atoms with Crippen molar-refractivity contribution in [3.05, 3.63) is 24.3 Å². The molecule has 0 unspecified atom stereocenters. The molecule has 1 rings (SSSR count). The van der Waals surface area contributed by atoms with E-state index < -0.39 is 0 Å². The van der Waals surface area contributed by atoms with Gasteiger partial charge in [0.25, 0.3) is 0 Å². The zero-order valence-electron chi connectivity index (χ0n) is 7.95. The summed E-state index contributed by atoms with van der Waals surface area (Å²) in [4.78, 5) is 9.71. The monoisotopic (exact) mass is 182 g/mol. The highest BCUT2D eigenvalue weighted by Gasteiger charge is 1.95. The van der Waals surface area contributed by atoms with E-state index in [2.05, 4.69) is 0 Å². The van der Waals surface area contributed by atoms with Crippen molar-refractivity contribution in [2.45, 2.75) is 13.8 Å². The number of hydrogen-bond donors (Lipinski definition) is 0. The second-order valence-electron chi connectivity index (χ2n) is 2.39. The average Bonchev–Trinajstić information content (AvgIpc) is 2.17. The Balaban J connectivity index is 2.48. The van der Waals surface area contributed by atoms with Crippen molar-refractivity contribution in [3.8, 4) is 11.5 Å². The van der Waals surface area contributed by atoms with Crippen LogP contribution in [0.25, 0.3) is 0 Å². The zero-order valence-corrected chi connectivity index (χ0v) is 7.95. The van der Waals surface area contributed by atoms with Crippen molar-refractivity contribution in [2.75, 3.05) is 13.2 Å². The van der Waals surface area contributed by atoms with Crippen molar-refractivity contribution in [1.82, 2.24) is 0 Å². The molecule has 0 heterocycles. The third-order valence-corrected chi connectivity index (χ3v) is 1.41. The van der Waals surface area contributed by atoms with Crippen molar-refractivity contribution in [1.29, 1.82) is 0 Å². The van der Waals surface area contributed by atoms with Crippen molar-refractivity contribution in [2.24, 2.45) is 0 Å². The van der Waals surface area contributed by atoms with Gasteiger partial charge >= 0.3 is 0 Å². The van der Waals surface area contributed by atoms with Gasteiger partial charge in [0.1, 0.15) is 5.75 Å². The van der Waals surface area contributed by atoms with E-state index in [1.54, 1.807) is 12.1 Å². The summed E-state index contributed by atoms with van der Waals surface area (Å²) in [6, 6.07) is 7.30. The summed E-state index contributed by atoms with van der Waals surface area (Å²) in [6.07, 6.45) is 0. The van der Waals surface area contributed by atoms with Crippen LogP contribution in [0.15, 0.2) is 24.3 Å². The molecule has 0 amide bonds. The van der Waals surface area contributed by atoms with E-state index in [-0.39, 0.29) is 0 Å².